The van der Waals surface area contributed by atoms with Crippen LogP contribution in [0.5, 0.6) is 0 Å². The molecule has 1 aromatic carbocycles. The van der Waals surface area contributed by atoms with Gasteiger partial charge in [0.1, 0.15) is 6.42 Å². The highest BCUT2D eigenvalue weighted by Crippen LogP contribution is 2.10. The van der Waals surface area contributed by atoms with Crippen LogP contribution in [0.2, 0.25) is 0 Å². The molecule has 1 heterocycles. The van der Waals surface area contributed by atoms with Crippen LogP contribution in [-0.4, -0.2) is 29.8 Å². The highest BCUT2D eigenvalue weighted by molar-refractivity contribution is 5.96. The van der Waals surface area contributed by atoms with E-state index < -0.39 is 0 Å². The van der Waals surface area contributed by atoms with Gasteiger partial charge in [-0.3, -0.25) is 9.59 Å². The van der Waals surface area contributed by atoms with E-state index in [0.717, 1.165) is 31.5 Å². The summed E-state index contributed by atoms with van der Waals surface area (Å²) in [5.74, 6) is -0.232. The van der Waals surface area contributed by atoms with Gasteiger partial charge in [0.2, 0.25) is 11.8 Å². The molecule has 2 rings (SSSR count). The molecule has 1 saturated heterocycles. The SMILES string of the molecule is Cc1cccc(CNC(=O)CC(=O)N2CCCCCC2)c1. The number of hydrogen-bond donors (Lipinski definition) is 1. The highest BCUT2D eigenvalue weighted by atomic mass is 16.2. The highest BCUT2D eigenvalue weighted by Gasteiger charge is 2.18. The van der Waals surface area contributed by atoms with Gasteiger partial charge in [0, 0.05) is 19.6 Å². The number of rotatable bonds is 4. The van der Waals surface area contributed by atoms with Crippen LogP contribution >= 0.6 is 0 Å². The fourth-order valence-electron chi connectivity index (χ4n) is 2.65. The van der Waals surface area contributed by atoms with Gasteiger partial charge in [-0.05, 0) is 25.3 Å². The number of benzene rings is 1. The van der Waals surface area contributed by atoms with Gasteiger partial charge in [-0.25, -0.2) is 0 Å². The average Bonchev–Trinajstić information content (AvgIpc) is 2.74. The summed E-state index contributed by atoms with van der Waals surface area (Å²) in [5, 5.41) is 2.83. The van der Waals surface area contributed by atoms with Crippen molar-refractivity contribution in [3.05, 3.63) is 35.4 Å². The summed E-state index contributed by atoms with van der Waals surface area (Å²) in [6, 6.07) is 8.01. The molecule has 1 aromatic rings. The summed E-state index contributed by atoms with van der Waals surface area (Å²) < 4.78 is 0. The van der Waals surface area contributed by atoms with Crippen molar-refractivity contribution in [1.29, 1.82) is 0 Å². The van der Waals surface area contributed by atoms with Crippen molar-refractivity contribution in [3.8, 4) is 0 Å². The number of nitrogens with one attached hydrogen (secondary N) is 1. The summed E-state index contributed by atoms with van der Waals surface area (Å²) in [4.78, 5) is 25.8. The van der Waals surface area contributed by atoms with Gasteiger partial charge in [0.25, 0.3) is 0 Å². The maximum absolute atomic E-state index is 12.1. The molecule has 1 N–H and O–H groups in total. The lowest BCUT2D eigenvalue weighted by Crippen LogP contribution is -2.36. The lowest BCUT2D eigenvalue weighted by atomic mass is 10.1. The Kier molecular flexibility index (Phi) is 5.78. The van der Waals surface area contributed by atoms with E-state index in [1.807, 2.05) is 36.1 Å². The number of hydrogen-bond acceptors (Lipinski definition) is 2. The van der Waals surface area contributed by atoms with Crippen molar-refractivity contribution in [1.82, 2.24) is 10.2 Å². The van der Waals surface area contributed by atoms with Crippen molar-refractivity contribution < 1.29 is 9.59 Å². The van der Waals surface area contributed by atoms with Crippen LogP contribution in [-0.2, 0) is 16.1 Å². The van der Waals surface area contributed by atoms with Crippen molar-refractivity contribution >= 4 is 11.8 Å². The Hall–Kier alpha value is -1.84. The molecule has 4 nitrogen and oxygen atoms in total. The van der Waals surface area contributed by atoms with Gasteiger partial charge in [-0.1, -0.05) is 42.7 Å². The van der Waals surface area contributed by atoms with E-state index in [-0.39, 0.29) is 18.2 Å². The van der Waals surface area contributed by atoms with E-state index >= 15 is 0 Å². The third-order valence-electron chi connectivity index (χ3n) is 3.84. The molecule has 0 aromatic heterocycles. The molecule has 0 aliphatic carbocycles. The minimum absolute atomic E-state index is 0.0359. The third-order valence-corrected chi connectivity index (χ3v) is 3.84. The minimum Gasteiger partial charge on any atom is -0.352 e. The normalized spacial score (nSPS) is 15.4. The first-order valence-corrected chi connectivity index (χ1v) is 7.75. The molecular weight excluding hydrogens is 264 g/mol. The molecule has 1 aliphatic rings. The summed E-state index contributed by atoms with van der Waals surface area (Å²) in [6.07, 6.45) is 4.44. The van der Waals surface area contributed by atoms with E-state index in [1.165, 1.54) is 18.4 Å². The predicted octanol–water partition coefficient (Wildman–Crippen LogP) is 2.40. The first-order valence-electron chi connectivity index (χ1n) is 7.75. The molecule has 2 amide bonds. The van der Waals surface area contributed by atoms with Crippen LogP contribution in [0.3, 0.4) is 0 Å². The van der Waals surface area contributed by atoms with Crippen LogP contribution in [0.1, 0.15) is 43.2 Å². The molecule has 21 heavy (non-hydrogen) atoms. The van der Waals surface area contributed by atoms with Crippen molar-refractivity contribution in [2.75, 3.05) is 13.1 Å². The summed E-state index contributed by atoms with van der Waals surface area (Å²) in [7, 11) is 0. The maximum Gasteiger partial charge on any atom is 0.232 e. The van der Waals surface area contributed by atoms with Gasteiger partial charge in [-0.15, -0.1) is 0 Å². The van der Waals surface area contributed by atoms with E-state index in [1.54, 1.807) is 0 Å². The smallest absolute Gasteiger partial charge is 0.232 e. The van der Waals surface area contributed by atoms with Crippen LogP contribution in [0.25, 0.3) is 0 Å². The molecule has 0 radical (unpaired) electrons. The first-order chi connectivity index (χ1) is 10.1. The topological polar surface area (TPSA) is 49.4 Å². The molecule has 114 valence electrons. The largest absolute Gasteiger partial charge is 0.352 e. The van der Waals surface area contributed by atoms with Gasteiger partial charge < -0.3 is 10.2 Å². The van der Waals surface area contributed by atoms with Gasteiger partial charge in [-0.2, -0.15) is 0 Å². The fourth-order valence-corrected chi connectivity index (χ4v) is 2.65. The summed E-state index contributed by atoms with van der Waals surface area (Å²) in [5.41, 5.74) is 2.23. The van der Waals surface area contributed by atoms with Gasteiger partial charge in [0.05, 0.1) is 0 Å². The molecule has 0 saturated carbocycles. The molecule has 0 atom stereocenters. The summed E-state index contributed by atoms with van der Waals surface area (Å²) >= 11 is 0. The number of amides is 2. The quantitative estimate of drug-likeness (QED) is 0.865. The molecule has 1 fully saturated rings. The molecule has 4 heteroatoms. The summed E-state index contributed by atoms with van der Waals surface area (Å²) in [6.45, 7) is 4.09. The molecule has 0 unspecified atom stereocenters. The van der Waals surface area contributed by atoms with Crippen LogP contribution in [0.4, 0.5) is 0 Å². The fraction of sp³-hybridized carbons (Fsp3) is 0.529. The first kappa shape index (κ1) is 15.5. The lowest BCUT2D eigenvalue weighted by Gasteiger charge is -2.19. The Morgan fingerprint density at radius 2 is 1.86 bits per heavy atom. The Morgan fingerprint density at radius 3 is 2.52 bits per heavy atom. The zero-order chi connectivity index (χ0) is 15.1. The zero-order valence-electron chi connectivity index (χ0n) is 12.7. The monoisotopic (exact) mass is 288 g/mol. The second-order valence-corrected chi connectivity index (χ2v) is 5.74. The second-order valence-electron chi connectivity index (χ2n) is 5.74. The second kappa shape index (κ2) is 7.81. The van der Waals surface area contributed by atoms with E-state index in [0.29, 0.717) is 6.54 Å². The lowest BCUT2D eigenvalue weighted by molar-refractivity contribution is -0.136. The number of carbonyl (C=O) groups excluding carboxylic acids is 2. The predicted molar refractivity (Wildman–Crippen MR) is 82.7 cm³/mol. The maximum atomic E-state index is 12.1. The van der Waals surface area contributed by atoms with Gasteiger partial charge in [0.15, 0.2) is 0 Å². The molecule has 0 spiro atoms. The van der Waals surface area contributed by atoms with Crippen molar-refractivity contribution in [2.45, 2.75) is 45.6 Å². The van der Waals surface area contributed by atoms with E-state index in [2.05, 4.69) is 5.32 Å². The Balaban J connectivity index is 1.77. The molecule has 1 aliphatic heterocycles. The number of nitrogens with zero attached hydrogens (tertiary/aromatic N) is 1. The van der Waals surface area contributed by atoms with Crippen molar-refractivity contribution in [2.24, 2.45) is 0 Å². The van der Waals surface area contributed by atoms with Gasteiger partial charge >= 0.3 is 0 Å². The van der Waals surface area contributed by atoms with E-state index in [9.17, 15) is 9.59 Å². The standard InChI is InChI=1S/C17H24N2O2/c1-14-7-6-8-15(11-14)13-18-16(20)12-17(21)19-9-4-2-3-5-10-19/h6-8,11H,2-5,9-10,12-13H2,1H3,(H,18,20). The van der Waals surface area contributed by atoms with Crippen LogP contribution in [0.15, 0.2) is 24.3 Å². The number of likely N-dealkylation sites (tertiary alicyclic amines) is 1. The van der Waals surface area contributed by atoms with Crippen molar-refractivity contribution in [3.63, 3.8) is 0 Å². The van der Waals surface area contributed by atoms with Crippen LogP contribution < -0.4 is 5.32 Å². The van der Waals surface area contributed by atoms with Crippen LogP contribution in [0, 0.1) is 6.92 Å². The number of aryl methyl sites for hydroxylation is 1. The number of carbonyl (C=O) groups is 2. The average molecular weight is 288 g/mol. The zero-order valence-corrected chi connectivity index (χ0v) is 12.7. The Labute approximate surface area is 126 Å². The third kappa shape index (κ3) is 5.21. The Morgan fingerprint density at radius 1 is 1.14 bits per heavy atom. The Bertz CT molecular complexity index is 491. The van der Waals surface area contributed by atoms with E-state index in [4.69, 9.17) is 0 Å². The molecular formula is C17H24N2O2. The minimum atomic E-state index is -0.189. The molecule has 0 bridgehead atoms.